The predicted octanol–water partition coefficient (Wildman–Crippen LogP) is 0.680. The largest absolute Gasteiger partial charge is 0.476 e. The van der Waals surface area contributed by atoms with Crippen molar-refractivity contribution in [2.75, 3.05) is 0 Å². The summed E-state index contributed by atoms with van der Waals surface area (Å²) in [6.45, 7) is 3.27. The maximum Gasteiger partial charge on any atom is 0.355 e. The molecule has 0 saturated heterocycles. The number of H-pyrrole nitrogens is 1. The van der Waals surface area contributed by atoms with E-state index in [-0.39, 0.29) is 11.6 Å². The maximum absolute atomic E-state index is 13.4. The highest BCUT2D eigenvalue weighted by atomic mass is 32.2. The van der Waals surface area contributed by atoms with E-state index in [4.69, 9.17) is 5.11 Å². The highest BCUT2D eigenvalue weighted by Gasteiger charge is 2.21. The van der Waals surface area contributed by atoms with Crippen LogP contribution in [0.3, 0.4) is 0 Å². The second-order valence-electron chi connectivity index (χ2n) is 3.84. The van der Waals surface area contributed by atoms with Gasteiger partial charge in [0.25, 0.3) is 0 Å². The molecule has 0 spiro atoms. The Morgan fingerprint density at radius 2 is 2.18 bits per heavy atom. The van der Waals surface area contributed by atoms with Gasteiger partial charge in [-0.15, -0.1) is 0 Å². The van der Waals surface area contributed by atoms with E-state index in [1.54, 1.807) is 13.8 Å². The molecule has 1 heterocycles. The smallest absolute Gasteiger partial charge is 0.355 e. The lowest BCUT2D eigenvalue weighted by Crippen LogP contribution is -2.31. The molecule has 0 bridgehead atoms. The number of aromatic amines is 1. The number of carboxylic acid groups (broad SMARTS) is 1. The molecule has 3 N–H and O–H groups in total. The van der Waals surface area contributed by atoms with Crippen LogP contribution >= 0.6 is 0 Å². The molecule has 8 heteroatoms. The first-order chi connectivity index (χ1) is 7.73. The average molecular weight is 264 g/mol. The van der Waals surface area contributed by atoms with Gasteiger partial charge in [0.1, 0.15) is 0 Å². The van der Waals surface area contributed by atoms with Crippen LogP contribution in [0.5, 0.6) is 0 Å². The molecule has 0 aliphatic rings. The zero-order valence-corrected chi connectivity index (χ0v) is 10.1. The Labute approximate surface area is 97.9 Å². The van der Waals surface area contributed by atoms with Gasteiger partial charge in [-0.2, -0.15) is 0 Å². The Bertz CT molecular complexity index is 521. The molecule has 1 aromatic heterocycles. The molecular weight excluding hydrogens is 251 g/mol. The van der Waals surface area contributed by atoms with E-state index < -0.39 is 33.3 Å². The van der Waals surface area contributed by atoms with Crippen molar-refractivity contribution in [3.63, 3.8) is 0 Å². The zero-order chi connectivity index (χ0) is 13.2. The van der Waals surface area contributed by atoms with Crippen molar-refractivity contribution in [1.82, 2.24) is 9.71 Å². The molecule has 1 rings (SSSR count). The average Bonchev–Trinajstić information content (AvgIpc) is 2.44. The fourth-order valence-electron chi connectivity index (χ4n) is 1.31. The first kappa shape index (κ1) is 13.7. The van der Waals surface area contributed by atoms with E-state index in [0.717, 1.165) is 6.20 Å². The number of rotatable bonds is 5. The monoisotopic (exact) mass is 264 g/mol. The second kappa shape index (κ2) is 4.84. The molecule has 0 amide bonds. The van der Waals surface area contributed by atoms with Crippen LogP contribution < -0.4 is 4.72 Å². The summed E-state index contributed by atoms with van der Waals surface area (Å²) in [5, 5.41) is 8.59. The van der Waals surface area contributed by atoms with E-state index in [0.29, 0.717) is 0 Å². The minimum Gasteiger partial charge on any atom is -0.476 e. The number of aromatic nitrogens is 1. The maximum atomic E-state index is 13.4. The van der Waals surface area contributed by atoms with Crippen LogP contribution in [0.2, 0.25) is 0 Å². The molecule has 0 aliphatic heterocycles. The van der Waals surface area contributed by atoms with E-state index >= 15 is 0 Å². The predicted molar refractivity (Wildman–Crippen MR) is 58.6 cm³/mol. The van der Waals surface area contributed by atoms with E-state index in [2.05, 4.69) is 9.71 Å². The minimum atomic E-state index is -3.67. The second-order valence-corrected chi connectivity index (χ2v) is 5.59. The van der Waals surface area contributed by atoms with Gasteiger partial charge in [0.2, 0.25) is 10.0 Å². The third-order valence-electron chi connectivity index (χ3n) is 1.87. The Kier molecular flexibility index (Phi) is 3.89. The number of aromatic carboxylic acids is 1. The molecule has 0 atom stereocenters. The first-order valence-electron chi connectivity index (χ1n) is 4.82. The summed E-state index contributed by atoms with van der Waals surface area (Å²) in [6, 6.07) is -0.305. The summed E-state index contributed by atoms with van der Waals surface area (Å²) in [5.41, 5.74) is -0.838. The molecule has 0 unspecified atom stereocenters. The van der Waals surface area contributed by atoms with Crippen molar-refractivity contribution >= 4 is 16.0 Å². The van der Waals surface area contributed by atoms with Crippen LogP contribution in [0, 0.1) is 5.82 Å². The normalized spacial score (nSPS) is 12.0. The molecule has 0 aliphatic carbocycles. The molecule has 0 radical (unpaired) electrons. The lowest BCUT2D eigenvalue weighted by Gasteiger charge is -2.08. The van der Waals surface area contributed by atoms with Gasteiger partial charge in [-0.05, 0) is 13.8 Å². The number of nitrogens with one attached hydrogen (secondary N) is 2. The molecule has 0 aromatic carbocycles. The summed E-state index contributed by atoms with van der Waals surface area (Å²) >= 11 is 0. The Morgan fingerprint density at radius 1 is 1.59 bits per heavy atom. The lowest BCUT2D eigenvalue weighted by molar-refractivity contribution is 0.0686. The van der Waals surface area contributed by atoms with Crippen LogP contribution in [0.4, 0.5) is 4.39 Å². The third kappa shape index (κ3) is 3.53. The lowest BCUT2D eigenvalue weighted by atomic mass is 10.3. The van der Waals surface area contributed by atoms with Gasteiger partial charge in [0.15, 0.2) is 11.5 Å². The quantitative estimate of drug-likeness (QED) is 0.728. The van der Waals surface area contributed by atoms with Gasteiger partial charge in [-0.25, -0.2) is 22.3 Å². The van der Waals surface area contributed by atoms with Crippen LogP contribution in [0.1, 0.15) is 29.9 Å². The van der Waals surface area contributed by atoms with Crippen molar-refractivity contribution in [2.24, 2.45) is 0 Å². The number of hydrogen-bond donors (Lipinski definition) is 3. The molecule has 0 fully saturated rings. The first-order valence-corrected chi connectivity index (χ1v) is 6.47. The number of sulfonamides is 1. The van der Waals surface area contributed by atoms with Crippen molar-refractivity contribution in [2.45, 2.75) is 25.6 Å². The topological polar surface area (TPSA) is 99.3 Å². The zero-order valence-electron chi connectivity index (χ0n) is 9.32. The van der Waals surface area contributed by atoms with Crippen LogP contribution in [-0.2, 0) is 15.8 Å². The van der Waals surface area contributed by atoms with Gasteiger partial charge in [0, 0.05) is 17.8 Å². The molecule has 1 aromatic rings. The number of carbonyl (C=O) groups is 1. The Hall–Kier alpha value is -1.41. The number of carboxylic acids is 1. The molecule has 96 valence electrons. The molecule has 17 heavy (non-hydrogen) atoms. The van der Waals surface area contributed by atoms with E-state index in [9.17, 15) is 17.6 Å². The highest BCUT2D eigenvalue weighted by molar-refractivity contribution is 7.88. The molecule has 0 saturated carbocycles. The minimum absolute atomic E-state index is 0.199. The molecular formula is C9H13FN2O4S. The molecule has 6 nitrogen and oxygen atoms in total. The SMILES string of the molecule is CC(C)NS(=O)(=O)Cc1c[nH]c(C(=O)O)c1F. The van der Waals surface area contributed by atoms with Crippen molar-refractivity contribution < 1.29 is 22.7 Å². The fourth-order valence-corrected chi connectivity index (χ4v) is 2.73. The third-order valence-corrected chi connectivity index (χ3v) is 3.39. The van der Waals surface area contributed by atoms with Gasteiger partial charge >= 0.3 is 5.97 Å². The highest BCUT2D eigenvalue weighted by Crippen LogP contribution is 2.14. The summed E-state index contributed by atoms with van der Waals surface area (Å²) in [7, 11) is -3.67. The van der Waals surface area contributed by atoms with Crippen LogP contribution in [0.15, 0.2) is 6.20 Å². The van der Waals surface area contributed by atoms with Crippen LogP contribution in [-0.4, -0.2) is 30.5 Å². The Morgan fingerprint density at radius 3 is 2.59 bits per heavy atom. The van der Waals surface area contributed by atoms with Gasteiger partial charge in [0.05, 0.1) is 5.75 Å². The number of hydrogen-bond acceptors (Lipinski definition) is 3. The summed E-state index contributed by atoms with van der Waals surface area (Å²) in [5.74, 6) is -3.12. The van der Waals surface area contributed by atoms with Crippen molar-refractivity contribution in [1.29, 1.82) is 0 Å². The fraction of sp³-hybridized carbons (Fsp3) is 0.444. The summed E-state index contributed by atoms with van der Waals surface area (Å²) in [4.78, 5) is 12.7. The Balaban J connectivity index is 2.93. The van der Waals surface area contributed by atoms with Gasteiger partial charge < -0.3 is 10.1 Å². The standard InChI is InChI=1S/C9H13FN2O4S/c1-5(2)12-17(15,16)4-6-3-11-8(7(6)10)9(13)14/h3,5,11-12H,4H2,1-2H3,(H,13,14). The van der Waals surface area contributed by atoms with E-state index in [1.165, 1.54) is 0 Å². The summed E-state index contributed by atoms with van der Waals surface area (Å²) in [6.07, 6.45) is 1.04. The van der Waals surface area contributed by atoms with Gasteiger partial charge in [-0.1, -0.05) is 0 Å². The van der Waals surface area contributed by atoms with E-state index in [1.807, 2.05) is 0 Å². The van der Waals surface area contributed by atoms with Crippen molar-refractivity contribution in [3.8, 4) is 0 Å². The number of halogens is 1. The van der Waals surface area contributed by atoms with Crippen LogP contribution in [0.25, 0.3) is 0 Å². The van der Waals surface area contributed by atoms with Gasteiger partial charge in [-0.3, -0.25) is 0 Å². The van der Waals surface area contributed by atoms with Crippen molar-refractivity contribution in [3.05, 3.63) is 23.3 Å². The summed E-state index contributed by atoms with van der Waals surface area (Å²) < 4.78 is 38.7.